The van der Waals surface area contributed by atoms with Crippen molar-refractivity contribution in [2.75, 3.05) is 4.72 Å². The molecule has 0 amide bonds. The number of rotatable bonds is 6. The quantitative estimate of drug-likeness (QED) is 0.621. The molecule has 0 saturated carbocycles. The lowest BCUT2D eigenvalue weighted by atomic mass is 10.2. The molecule has 0 spiro atoms. The normalized spacial score (nSPS) is 11.3. The molecule has 0 aliphatic carbocycles. The highest BCUT2D eigenvalue weighted by atomic mass is 79.9. The van der Waals surface area contributed by atoms with Gasteiger partial charge in [-0.25, -0.2) is 12.8 Å². The summed E-state index contributed by atoms with van der Waals surface area (Å²) in [6, 6.07) is 16.2. The average molecular weight is 451 g/mol. The van der Waals surface area contributed by atoms with Gasteiger partial charge in [0, 0.05) is 6.20 Å². The third-order valence-corrected chi connectivity index (χ3v) is 5.82. The van der Waals surface area contributed by atoms with E-state index in [1.165, 1.54) is 29.0 Å². The average Bonchev–Trinajstić information content (AvgIpc) is 2.62. The summed E-state index contributed by atoms with van der Waals surface area (Å²) in [5, 5.41) is 0. The second-order valence-electron chi connectivity index (χ2n) is 5.95. The first-order chi connectivity index (χ1) is 12.8. The predicted octanol–water partition coefficient (Wildman–Crippen LogP) is 3.74. The maximum absolute atomic E-state index is 13.3. The molecule has 0 saturated heterocycles. The lowest BCUT2D eigenvalue weighted by Gasteiger charge is -2.12. The molecule has 3 rings (SSSR count). The van der Waals surface area contributed by atoms with E-state index in [0.717, 1.165) is 0 Å². The summed E-state index contributed by atoms with van der Waals surface area (Å²) in [6.07, 6.45) is 1.47. The van der Waals surface area contributed by atoms with Crippen molar-refractivity contribution in [1.29, 1.82) is 0 Å². The Bertz CT molecular complexity index is 1120. The number of anilines is 1. The highest BCUT2D eigenvalue weighted by Crippen LogP contribution is 2.20. The number of benzene rings is 2. The molecule has 0 bridgehead atoms. The second kappa shape index (κ2) is 8.06. The van der Waals surface area contributed by atoms with Crippen LogP contribution in [0.3, 0.4) is 0 Å². The van der Waals surface area contributed by atoms with E-state index < -0.39 is 15.6 Å². The fourth-order valence-corrected chi connectivity index (χ4v) is 4.38. The van der Waals surface area contributed by atoms with E-state index in [1.807, 2.05) is 0 Å². The van der Waals surface area contributed by atoms with Crippen LogP contribution in [0.1, 0.15) is 11.1 Å². The molecule has 1 aromatic heterocycles. The first kappa shape index (κ1) is 19.3. The monoisotopic (exact) mass is 450 g/mol. The molecule has 2 aromatic carbocycles. The predicted molar refractivity (Wildman–Crippen MR) is 107 cm³/mol. The van der Waals surface area contributed by atoms with Gasteiger partial charge >= 0.3 is 0 Å². The van der Waals surface area contributed by atoms with Crippen LogP contribution < -0.4 is 10.3 Å². The summed E-state index contributed by atoms with van der Waals surface area (Å²) in [5.74, 6) is -0.586. The SMILES string of the molecule is O=c1c(Br)c(NS(=O)(=O)Cc2ccccc2)ccn1Cc1cccc(F)c1. The van der Waals surface area contributed by atoms with E-state index in [1.54, 1.807) is 42.5 Å². The molecule has 0 radical (unpaired) electrons. The molecule has 3 aromatic rings. The van der Waals surface area contributed by atoms with Crippen molar-refractivity contribution < 1.29 is 12.8 Å². The van der Waals surface area contributed by atoms with E-state index in [0.29, 0.717) is 11.1 Å². The van der Waals surface area contributed by atoms with E-state index in [2.05, 4.69) is 20.7 Å². The van der Waals surface area contributed by atoms with Crippen molar-refractivity contribution in [2.24, 2.45) is 0 Å². The van der Waals surface area contributed by atoms with Crippen molar-refractivity contribution in [3.63, 3.8) is 0 Å². The minimum absolute atomic E-state index is 0.0954. The summed E-state index contributed by atoms with van der Waals surface area (Å²) in [4.78, 5) is 12.5. The van der Waals surface area contributed by atoms with Gasteiger partial charge in [-0.05, 0) is 45.3 Å². The Morgan fingerprint density at radius 2 is 1.70 bits per heavy atom. The smallest absolute Gasteiger partial charge is 0.267 e. The van der Waals surface area contributed by atoms with Crippen LogP contribution in [0, 0.1) is 5.82 Å². The standard InChI is InChI=1S/C19H16BrFN2O3S/c20-18-17(22-27(25,26)13-14-5-2-1-3-6-14)9-10-23(19(18)24)12-15-7-4-8-16(21)11-15/h1-11,22H,12-13H2. The van der Waals surface area contributed by atoms with Crippen molar-refractivity contribution in [3.8, 4) is 0 Å². The third-order valence-electron chi connectivity index (χ3n) is 3.81. The molecule has 0 aliphatic rings. The van der Waals surface area contributed by atoms with E-state index in [9.17, 15) is 17.6 Å². The molecular formula is C19H16BrFN2O3S. The molecule has 5 nitrogen and oxygen atoms in total. The highest BCUT2D eigenvalue weighted by Gasteiger charge is 2.16. The molecule has 1 heterocycles. The van der Waals surface area contributed by atoms with Gasteiger partial charge in [0.05, 0.1) is 18.0 Å². The topological polar surface area (TPSA) is 68.2 Å². The Hall–Kier alpha value is -2.45. The van der Waals surface area contributed by atoms with Crippen LogP contribution in [0.2, 0.25) is 0 Å². The molecule has 0 unspecified atom stereocenters. The number of hydrogen-bond acceptors (Lipinski definition) is 3. The van der Waals surface area contributed by atoms with Gasteiger partial charge in [-0.2, -0.15) is 0 Å². The third kappa shape index (κ3) is 5.05. The Kier molecular flexibility index (Phi) is 5.76. The van der Waals surface area contributed by atoms with E-state index >= 15 is 0 Å². The molecule has 27 heavy (non-hydrogen) atoms. The number of nitrogens with zero attached hydrogens (tertiary/aromatic N) is 1. The number of halogens is 2. The second-order valence-corrected chi connectivity index (χ2v) is 8.47. The lowest BCUT2D eigenvalue weighted by molar-refractivity contribution is 0.600. The molecule has 0 fully saturated rings. The fourth-order valence-electron chi connectivity index (χ4n) is 2.58. The lowest BCUT2D eigenvalue weighted by Crippen LogP contribution is -2.23. The van der Waals surface area contributed by atoms with Gasteiger partial charge < -0.3 is 4.57 Å². The van der Waals surface area contributed by atoms with Crippen molar-refractivity contribution in [1.82, 2.24) is 4.57 Å². The Labute approximate surface area is 164 Å². The minimum atomic E-state index is -3.68. The largest absolute Gasteiger partial charge is 0.310 e. The maximum atomic E-state index is 13.3. The Balaban J connectivity index is 1.81. The molecule has 8 heteroatoms. The van der Waals surface area contributed by atoms with Crippen LogP contribution in [0.25, 0.3) is 0 Å². The van der Waals surface area contributed by atoms with Gasteiger partial charge in [-0.15, -0.1) is 0 Å². The summed E-state index contributed by atoms with van der Waals surface area (Å²) in [5.41, 5.74) is 1.01. The van der Waals surface area contributed by atoms with Gasteiger partial charge in [-0.1, -0.05) is 42.5 Å². The van der Waals surface area contributed by atoms with Crippen LogP contribution in [-0.4, -0.2) is 13.0 Å². The Morgan fingerprint density at radius 1 is 1.00 bits per heavy atom. The number of aromatic nitrogens is 1. The number of hydrogen-bond donors (Lipinski definition) is 1. The molecule has 1 N–H and O–H groups in total. The first-order valence-corrected chi connectivity index (χ1v) is 10.5. The molecule has 140 valence electrons. The zero-order valence-electron chi connectivity index (χ0n) is 14.1. The maximum Gasteiger partial charge on any atom is 0.267 e. The van der Waals surface area contributed by atoms with E-state index in [4.69, 9.17) is 0 Å². The van der Waals surface area contributed by atoms with Gasteiger partial charge in [0.15, 0.2) is 0 Å². The highest BCUT2D eigenvalue weighted by molar-refractivity contribution is 9.10. The van der Waals surface area contributed by atoms with Gasteiger partial charge in [0.1, 0.15) is 10.3 Å². The summed E-state index contributed by atoms with van der Waals surface area (Å²) in [6.45, 7) is 0.173. The van der Waals surface area contributed by atoms with Crippen LogP contribution in [0.15, 0.2) is 76.1 Å². The van der Waals surface area contributed by atoms with Crippen LogP contribution >= 0.6 is 15.9 Å². The Morgan fingerprint density at radius 3 is 2.41 bits per heavy atom. The summed E-state index contributed by atoms with van der Waals surface area (Å²) < 4.78 is 41.9. The molecular weight excluding hydrogens is 435 g/mol. The zero-order valence-corrected chi connectivity index (χ0v) is 16.5. The first-order valence-electron chi connectivity index (χ1n) is 8.02. The number of pyridine rings is 1. The summed E-state index contributed by atoms with van der Waals surface area (Å²) >= 11 is 3.16. The summed E-state index contributed by atoms with van der Waals surface area (Å²) in [7, 11) is -3.68. The van der Waals surface area contributed by atoms with Gasteiger partial charge in [0.25, 0.3) is 5.56 Å². The van der Waals surface area contributed by atoms with Crippen molar-refractivity contribution in [3.05, 3.63) is 98.6 Å². The number of nitrogens with one attached hydrogen (secondary N) is 1. The van der Waals surface area contributed by atoms with Crippen LogP contribution in [0.4, 0.5) is 10.1 Å². The van der Waals surface area contributed by atoms with Crippen molar-refractivity contribution >= 4 is 31.6 Å². The fraction of sp³-hybridized carbons (Fsp3) is 0.105. The number of sulfonamides is 1. The van der Waals surface area contributed by atoms with Crippen molar-refractivity contribution in [2.45, 2.75) is 12.3 Å². The molecule has 0 aliphatic heterocycles. The van der Waals surface area contributed by atoms with E-state index in [-0.39, 0.29) is 28.3 Å². The van der Waals surface area contributed by atoms with Crippen LogP contribution in [-0.2, 0) is 22.3 Å². The molecule has 0 atom stereocenters. The van der Waals surface area contributed by atoms with Gasteiger partial charge in [0.2, 0.25) is 10.0 Å². The minimum Gasteiger partial charge on any atom is -0.310 e. The van der Waals surface area contributed by atoms with Crippen LogP contribution in [0.5, 0.6) is 0 Å². The van der Waals surface area contributed by atoms with Gasteiger partial charge in [-0.3, -0.25) is 9.52 Å². The zero-order chi connectivity index (χ0) is 19.4.